The van der Waals surface area contributed by atoms with E-state index < -0.39 is 0 Å². The van der Waals surface area contributed by atoms with Gasteiger partial charge in [0.2, 0.25) is 0 Å². The first-order valence-electron chi connectivity index (χ1n) is 6.94. The fraction of sp³-hybridized carbons (Fsp3) is 0.533. The van der Waals surface area contributed by atoms with E-state index in [1.54, 1.807) is 0 Å². The third-order valence-electron chi connectivity index (χ3n) is 4.58. The van der Waals surface area contributed by atoms with Crippen molar-refractivity contribution in [3.63, 3.8) is 0 Å². The van der Waals surface area contributed by atoms with Crippen LogP contribution in [0.2, 0.25) is 5.02 Å². The predicted octanol–water partition coefficient (Wildman–Crippen LogP) is 2.02. The lowest BCUT2D eigenvalue weighted by Gasteiger charge is -2.47. The van der Waals surface area contributed by atoms with Crippen LogP contribution in [0.15, 0.2) is 18.2 Å². The summed E-state index contributed by atoms with van der Waals surface area (Å²) >= 11 is 6.12. The van der Waals surface area contributed by atoms with Gasteiger partial charge < -0.3 is 15.0 Å². The Kier molecular flexibility index (Phi) is 3.61. The molecule has 0 spiro atoms. The SMILES string of the molecule is COC(=O)C1c2ccc(Cl)cc2N(C)C2CCNCC12. The highest BCUT2D eigenvalue weighted by molar-refractivity contribution is 6.30. The van der Waals surface area contributed by atoms with Crippen molar-refractivity contribution < 1.29 is 9.53 Å². The quantitative estimate of drug-likeness (QED) is 0.805. The molecule has 0 amide bonds. The molecule has 3 atom stereocenters. The van der Waals surface area contributed by atoms with E-state index in [-0.39, 0.29) is 17.8 Å². The second-order valence-corrected chi connectivity index (χ2v) is 5.98. The van der Waals surface area contributed by atoms with Gasteiger partial charge in [-0.1, -0.05) is 17.7 Å². The molecule has 20 heavy (non-hydrogen) atoms. The highest BCUT2D eigenvalue weighted by Crippen LogP contribution is 2.44. The summed E-state index contributed by atoms with van der Waals surface area (Å²) < 4.78 is 5.04. The van der Waals surface area contributed by atoms with Crippen molar-refractivity contribution in [3.05, 3.63) is 28.8 Å². The monoisotopic (exact) mass is 294 g/mol. The number of methoxy groups -OCH3 is 1. The van der Waals surface area contributed by atoms with Crippen LogP contribution in [0, 0.1) is 5.92 Å². The minimum atomic E-state index is -0.207. The van der Waals surface area contributed by atoms with Crippen LogP contribution in [0.25, 0.3) is 0 Å². The van der Waals surface area contributed by atoms with E-state index >= 15 is 0 Å². The van der Waals surface area contributed by atoms with Crippen LogP contribution >= 0.6 is 11.6 Å². The first kappa shape index (κ1) is 13.7. The molecule has 1 aromatic rings. The van der Waals surface area contributed by atoms with Crippen LogP contribution in [0.4, 0.5) is 5.69 Å². The van der Waals surface area contributed by atoms with E-state index in [1.165, 1.54) is 7.11 Å². The zero-order valence-corrected chi connectivity index (χ0v) is 12.5. The van der Waals surface area contributed by atoms with E-state index in [0.29, 0.717) is 11.1 Å². The lowest BCUT2D eigenvalue weighted by Crippen LogP contribution is -2.54. The minimum Gasteiger partial charge on any atom is -0.469 e. The molecule has 2 aliphatic heterocycles. The van der Waals surface area contributed by atoms with E-state index in [4.69, 9.17) is 16.3 Å². The van der Waals surface area contributed by atoms with Gasteiger partial charge in [0.05, 0.1) is 13.0 Å². The number of halogens is 1. The normalized spacial score (nSPS) is 28.6. The Morgan fingerprint density at radius 3 is 3.05 bits per heavy atom. The Morgan fingerprint density at radius 2 is 2.30 bits per heavy atom. The van der Waals surface area contributed by atoms with Gasteiger partial charge in [-0.05, 0) is 30.7 Å². The average Bonchev–Trinajstić information content (AvgIpc) is 2.48. The van der Waals surface area contributed by atoms with Crippen LogP contribution < -0.4 is 10.2 Å². The molecule has 3 rings (SSSR count). The summed E-state index contributed by atoms with van der Waals surface area (Å²) in [6.45, 7) is 1.83. The van der Waals surface area contributed by atoms with E-state index in [1.807, 2.05) is 18.2 Å². The molecule has 1 N–H and O–H groups in total. The summed E-state index contributed by atoms with van der Waals surface area (Å²) in [6.07, 6.45) is 1.03. The second-order valence-electron chi connectivity index (χ2n) is 5.54. The van der Waals surface area contributed by atoms with Crippen LogP contribution in [0.5, 0.6) is 0 Å². The Labute approximate surface area is 124 Å². The Balaban J connectivity index is 2.11. The zero-order chi connectivity index (χ0) is 14.3. The molecule has 0 saturated carbocycles. The first-order chi connectivity index (χ1) is 9.63. The second kappa shape index (κ2) is 5.26. The number of carbonyl (C=O) groups is 1. The number of hydrogen-bond acceptors (Lipinski definition) is 4. The lowest BCUT2D eigenvalue weighted by molar-refractivity contribution is -0.144. The largest absolute Gasteiger partial charge is 0.469 e. The van der Waals surface area contributed by atoms with Gasteiger partial charge in [-0.3, -0.25) is 4.79 Å². The Bertz CT molecular complexity index is 535. The number of esters is 1. The number of nitrogens with zero attached hydrogens (tertiary/aromatic N) is 1. The number of fused-ring (bicyclic) bond motifs is 2. The lowest BCUT2D eigenvalue weighted by atomic mass is 9.74. The predicted molar refractivity (Wildman–Crippen MR) is 79.4 cm³/mol. The summed E-state index contributed by atoms with van der Waals surface area (Å²) in [4.78, 5) is 14.5. The molecule has 5 heteroatoms. The third kappa shape index (κ3) is 2.07. The number of piperidine rings is 1. The molecule has 0 aromatic heterocycles. The Hall–Kier alpha value is -1.26. The van der Waals surface area contributed by atoms with Gasteiger partial charge in [0.25, 0.3) is 0 Å². The number of rotatable bonds is 1. The molecule has 1 aromatic carbocycles. The van der Waals surface area contributed by atoms with Crippen molar-refractivity contribution in [1.29, 1.82) is 0 Å². The number of ether oxygens (including phenoxy) is 1. The van der Waals surface area contributed by atoms with Crippen LogP contribution in [-0.2, 0) is 9.53 Å². The molecule has 3 unspecified atom stereocenters. The fourth-order valence-corrected chi connectivity index (χ4v) is 3.78. The maximum atomic E-state index is 12.3. The third-order valence-corrected chi connectivity index (χ3v) is 4.81. The van der Waals surface area contributed by atoms with Gasteiger partial charge in [0.1, 0.15) is 0 Å². The Morgan fingerprint density at radius 1 is 1.50 bits per heavy atom. The van der Waals surface area contributed by atoms with Crippen LogP contribution in [-0.4, -0.2) is 39.3 Å². The number of anilines is 1. The molecule has 108 valence electrons. The number of nitrogens with one attached hydrogen (secondary N) is 1. The highest BCUT2D eigenvalue weighted by atomic mass is 35.5. The molecule has 0 radical (unpaired) electrons. The average molecular weight is 295 g/mol. The molecule has 1 saturated heterocycles. The molecular formula is C15H19ClN2O2. The highest BCUT2D eigenvalue weighted by Gasteiger charge is 2.44. The summed E-state index contributed by atoms with van der Waals surface area (Å²) in [5.74, 6) is -0.114. The van der Waals surface area contributed by atoms with Gasteiger partial charge in [-0.15, -0.1) is 0 Å². The van der Waals surface area contributed by atoms with Crippen molar-refractivity contribution in [2.24, 2.45) is 5.92 Å². The van der Waals surface area contributed by atoms with E-state index in [0.717, 1.165) is 30.8 Å². The molecule has 0 aliphatic carbocycles. The first-order valence-corrected chi connectivity index (χ1v) is 7.32. The molecule has 2 heterocycles. The molecule has 4 nitrogen and oxygen atoms in total. The van der Waals surface area contributed by atoms with Crippen molar-refractivity contribution in [2.75, 3.05) is 32.1 Å². The summed E-state index contributed by atoms with van der Waals surface area (Å²) in [7, 11) is 3.55. The maximum Gasteiger partial charge on any atom is 0.313 e. The van der Waals surface area contributed by atoms with E-state index in [9.17, 15) is 4.79 Å². The number of benzene rings is 1. The van der Waals surface area contributed by atoms with Gasteiger partial charge >= 0.3 is 5.97 Å². The number of carbonyl (C=O) groups excluding carboxylic acids is 1. The van der Waals surface area contributed by atoms with Crippen molar-refractivity contribution in [1.82, 2.24) is 5.32 Å². The summed E-state index contributed by atoms with van der Waals surface area (Å²) in [5, 5.41) is 4.10. The molecule has 2 aliphatic rings. The van der Waals surface area contributed by atoms with Gasteiger partial charge in [-0.2, -0.15) is 0 Å². The van der Waals surface area contributed by atoms with E-state index in [2.05, 4.69) is 17.3 Å². The van der Waals surface area contributed by atoms with Crippen molar-refractivity contribution >= 4 is 23.3 Å². The minimum absolute atomic E-state index is 0.152. The zero-order valence-electron chi connectivity index (χ0n) is 11.7. The van der Waals surface area contributed by atoms with Gasteiger partial charge in [0.15, 0.2) is 0 Å². The van der Waals surface area contributed by atoms with Crippen LogP contribution in [0.1, 0.15) is 17.9 Å². The van der Waals surface area contributed by atoms with Gasteiger partial charge in [-0.25, -0.2) is 0 Å². The standard InChI is InChI=1S/C15H19ClN2O2/c1-18-12-5-6-17-8-11(12)14(15(19)20-2)10-4-3-9(16)7-13(10)18/h3-4,7,11-12,14,17H,5-6,8H2,1-2H3. The summed E-state index contributed by atoms with van der Waals surface area (Å²) in [5.41, 5.74) is 2.07. The number of hydrogen-bond donors (Lipinski definition) is 1. The summed E-state index contributed by atoms with van der Waals surface area (Å²) in [6, 6.07) is 6.11. The van der Waals surface area contributed by atoms with Crippen LogP contribution in [0.3, 0.4) is 0 Å². The fourth-order valence-electron chi connectivity index (χ4n) is 3.61. The molecule has 1 fully saturated rings. The van der Waals surface area contributed by atoms with Crippen molar-refractivity contribution in [3.8, 4) is 0 Å². The smallest absolute Gasteiger partial charge is 0.313 e. The molecule has 0 bridgehead atoms. The van der Waals surface area contributed by atoms with Gasteiger partial charge in [0, 0.05) is 36.3 Å². The molecular weight excluding hydrogens is 276 g/mol. The maximum absolute atomic E-state index is 12.3. The topological polar surface area (TPSA) is 41.6 Å². The van der Waals surface area contributed by atoms with Crippen molar-refractivity contribution in [2.45, 2.75) is 18.4 Å².